The number of carbonyl (C=O) groups excluding carboxylic acids is 3. The molecule has 3 amide bonds. The molecule has 0 bridgehead atoms. The van der Waals surface area contributed by atoms with Crippen molar-refractivity contribution >= 4 is 29.1 Å². The average molecular weight is 336 g/mol. The molecule has 1 aliphatic rings. The first kappa shape index (κ1) is 16.9. The summed E-state index contributed by atoms with van der Waals surface area (Å²) in [5.74, 6) is -0.517. The van der Waals surface area contributed by atoms with Crippen molar-refractivity contribution in [3.63, 3.8) is 0 Å². The van der Waals surface area contributed by atoms with Crippen LogP contribution in [0.25, 0.3) is 0 Å². The van der Waals surface area contributed by atoms with Crippen LogP contribution in [-0.2, 0) is 4.79 Å². The van der Waals surface area contributed by atoms with Gasteiger partial charge in [-0.1, -0.05) is 32.0 Å². The van der Waals surface area contributed by atoms with Crippen LogP contribution in [0.3, 0.4) is 0 Å². The predicted molar refractivity (Wildman–Crippen MR) is 96.8 cm³/mol. The molecule has 3 rings (SSSR count). The number of carbonyl (C=O) groups is 3. The highest BCUT2D eigenvalue weighted by molar-refractivity contribution is 6.34. The number of rotatable bonds is 4. The Kier molecular flexibility index (Phi) is 4.40. The molecule has 0 saturated carbocycles. The van der Waals surface area contributed by atoms with E-state index in [0.29, 0.717) is 28.9 Å². The van der Waals surface area contributed by atoms with Crippen LogP contribution in [0.5, 0.6) is 0 Å². The third-order valence-corrected chi connectivity index (χ3v) is 4.12. The van der Waals surface area contributed by atoms with E-state index in [0.717, 1.165) is 5.56 Å². The number of fused-ring (bicyclic) bond motifs is 1. The maximum atomic E-state index is 12.7. The van der Waals surface area contributed by atoms with Gasteiger partial charge in [-0.25, -0.2) is 4.90 Å². The summed E-state index contributed by atoms with van der Waals surface area (Å²) in [6, 6.07) is 12.0. The second-order valence-corrected chi connectivity index (χ2v) is 6.64. The minimum atomic E-state index is -0.339. The molecule has 128 valence electrons. The summed E-state index contributed by atoms with van der Waals surface area (Å²) in [4.78, 5) is 38.5. The Morgan fingerprint density at radius 2 is 1.64 bits per heavy atom. The second kappa shape index (κ2) is 6.51. The summed E-state index contributed by atoms with van der Waals surface area (Å²) >= 11 is 0. The van der Waals surface area contributed by atoms with Crippen LogP contribution in [-0.4, -0.2) is 17.7 Å². The van der Waals surface area contributed by atoms with Gasteiger partial charge in [0.15, 0.2) is 0 Å². The van der Waals surface area contributed by atoms with Gasteiger partial charge < -0.3 is 5.32 Å². The van der Waals surface area contributed by atoms with Crippen LogP contribution >= 0.6 is 0 Å². The SMILES string of the molecule is Cc1ccc(NC(=O)CC(C)C)cc1N1C(=O)c2ccccc2C1=O. The maximum absolute atomic E-state index is 12.7. The van der Waals surface area contributed by atoms with Crippen molar-refractivity contribution in [1.29, 1.82) is 0 Å². The van der Waals surface area contributed by atoms with Gasteiger partial charge in [0.2, 0.25) is 5.91 Å². The molecular formula is C20H20N2O3. The molecule has 0 unspecified atom stereocenters. The van der Waals surface area contributed by atoms with Gasteiger partial charge in [-0.3, -0.25) is 14.4 Å². The van der Waals surface area contributed by atoms with Crippen LogP contribution in [0.15, 0.2) is 42.5 Å². The van der Waals surface area contributed by atoms with Crippen molar-refractivity contribution in [3.8, 4) is 0 Å². The standard InChI is InChI=1S/C20H20N2O3/c1-12(2)10-18(23)21-14-9-8-13(3)17(11-14)22-19(24)15-6-4-5-7-16(15)20(22)25/h4-9,11-12H,10H2,1-3H3,(H,21,23). The van der Waals surface area contributed by atoms with Crippen LogP contribution < -0.4 is 10.2 Å². The molecule has 0 fully saturated rings. The number of hydrogen-bond donors (Lipinski definition) is 1. The Morgan fingerprint density at radius 1 is 1.04 bits per heavy atom. The fraction of sp³-hybridized carbons (Fsp3) is 0.250. The van der Waals surface area contributed by atoms with Gasteiger partial charge in [-0.15, -0.1) is 0 Å². The molecular weight excluding hydrogens is 316 g/mol. The number of imide groups is 1. The van der Waals surface area contributed by atoms with E-state index < -0.39 is 0 Å². The largest absolute Gasteiger partial charge is 0.326 e. The van der Waals surface area contributed by atoms with E-state index in [1.165, 1.54) is 4.90 Å². The van der Waals surface area contributed by atoms with E-state index in [1.54, 1.807) is 42.5 Å². The summed E-state index contributed by atoms with van der Waals surface area (Å²) in [5, 5.41) is 2.83. The summed E-state index contributed by atoms with van der Waals surface area (Å²) in [6.07, 6.45) is 0.413. The van der Waals surface area contributed by atoms with Crippen molar-refractivity contribution in [2.24, 2.45) is 5.92 Å². The van der Waals surface area contributed by atoms with Gasteiger partial charge in [0.1, 0.15) is 0 Å². The molecule has 0 saturated heterocycles. The van der Waals surface area contributed by atoms with Gasteiger partial charge in [-0.05, 0) is 42.7 Å². The molecule has 0 radical (unpaired) electrons. The zero-order chi connectivity index (χ0) is 18.1. The summed E-state index contributed by atoms with van der Waals surface area (Å²) < 4.78 is 0. The lowest BCUT2D eigenvalue weighted by atomic mass is 10.1. The van der Waals surface area contributed by atoms with E-state index in [4.69, 9.17) is 0 Å². The van der Waals surface area contributed by atoms with E-state index in [-0.39, 0.29) is 23.6 Å². The lowest BCUT2D eigenvalue weighted by Crippen LogP contribution is -2.30. The zero-order valence-electron chi connectivity index (χ0n) is 14.5. The lowest BCUT2D eigenvalue weighted by molar-refractivity contribution is -0.116. The van der Waals surface area contributed by atoms with Crippen molar-refractivity contribution in [2.45, 2.75) is 27.2 Å². The quantitative estimate of drug-likeness (QED) is 0.864. The first-order chi connectivity index (χ1) is 11.9. The smallest absolute Gasteiger partial charge is 0.266 e. The second-order valence-electron chi connectivity index (χ2n) is 6.64. The molecule has 0 aromatic heterocycles. The Morgan fingerprint density at radius 3 is 2.20 bits per heavy atom. The normalized spacial score (nSPS) is 13.4. The number of nitrogens with zero attached hydrogens (tertiary/aromatic N) is 1. The van der Waals surface area contributed by atoms with Gasteiger partial charge in [-0.2, -0.15) is 0 Å². The van der Waals surface area contributed by atoms with Gasteiger partial charge >= 0.3 is 0 Å². The van der Waals surface area contributed by atoms with Crippen LogP contribution in [0.4, 0.5) is 11.4 Å². The number of benzene rings is 2. The summed E-state index contributed by atoms with van der Waals surface area (Å²) in [7, 11) is 0. The summed E-state index contributed by atoms with van der Waals surface area (Å²) in [5.41, 5.74) is 2.66. The molecule has 1 heterocycles. The van der Waals surface area contributed by atoms with Crippen molar-refractivity contribution in [3.05, 3.63) is 59.2 Å². The van der Waals surface area contributed by atoms with Gasteiger partial charge in [0.25, 0.3) is 11.8 Å². The van der Waals surface area contributed by atoms with Crippen LogP contribution in [0.1, 0.15) is 46.5 Å². The molecule has 1 N–H and O–H groups in total. The molecule has 5 nitrogen and oxygen atoms in total. The fourth-order valence-corrected chi connectivity index (χ4v) is 2.92. The zero-order valence-corrected chi connectivity index (χ0v) is 14.5. The lowest BCUT2D eigenvalue weighted by Gasteiger charge is -2.18. The summed E-state index contributed by atoms with van der Waals surface area (Å²) in [6.45, 7) is 5.77. The van der Waals surface area contributed by atoms with Crippen LogP contribution in [0.2, 0.25) is 0 Å². The van der Waals surface area contributed by atoms with Crippen molar-refractivity contribution < 1.29 is 14.4 Å². The van der Waals surface area contributed by atoms with Gasteiger partial charge in [0, 0.05) is 12.1 Å². The highest BCUT2D eigenvalue weighted by Gasteiger charge is 2.37. The average Bonchev–Trinajstić information content (AvgIpc) is 2.81. The topological polar surface area (TPSA) is 66.5 Å². The van der Waals surface area contributed by atoms with E-state index >= 15 is 0 Å². The van der Waals surface area contributed by atoms with Crippen molar-refractivity contribution in [1.82, 2.24) is 0 Å². The minimum absolute atomic E-state index is 0.0906. The third kappa shape index (κ3) is 3.18. The predicted octanol–water partition coefficient (Wildman–Crippen LogP) is 3.78. The maximum Gasteiger partial charge on any atom is 0.266 e. The highest BCUT2D eigenvalue weighted by Crippen LogP contribution is 2.32. The first-order valence-electron chi connectivity index (χ1n) is 8.27. The number of anilines is 2. The van der Waals surface area contributed by atoms with Crippen LogP contribution in [0, 0.1) is 12.8 Å². The third-order valence-electron chi connectivity index (χ3n) is 4.12. The number of aryl methyl sites for hydroxylation is 1. The first-order valence-corrected chi connectivity index (χ1v) is 8.27. The molecule has 0 spiro atoms. The molecule has 5 heteroatoms. The number of nitrogens with one attached hydrogen (secondary N) is 1. The molecule has 2 aromatic rings. The minimum Gasteiger partial charge on any atom is -0.326 e. The monoisotopic (exact) mass is 336 g/mol. The molecule has 0 aliphatic carbocycles. The van der Waals surface area contributed by atoms with Gasteiger partial charge in [0.05, 0.1) is 16.8 Å². The van der Waals surface area contributed by atoms with Crippen molar-refractivity contribution in [2.75, 3.05) is 10.2 Å². The molecule has 2 aromatic carbocycles. The molecule has 0 atom stereocenters. The molecule has 1 aliphatic heterocycles. The Labute approximate surface area is 146 Å². The molecule has 25 heavy (non-hydrogen) atoms. The van der Waals surface area contributed by atoms with E-state index in [9.17, 15) is 14.4 Å². The Bertz CT molecular complexity index is 836. The van der Waals surface area contributed by atoms with E-state index in [1.807, 2.05) is 20.8 Å². The number of hydrogen-bond acceptors (Lipinski definition) is 3. The van der Waals surface area contributed by atoms with E-state index in [2.05, 4.69) is 5.32 Å². The Hall–Kier alpha value is -2.95. The number of amides is 3. The fourth-order valence-electron chi connectivity index (χ4n) is 2.92. The highest BCUT2D eigenvalue weighted by atomic mass is 16.2. The Balaban J connectivity index is 1.93.